The summed E-state index contributed by atoms with van der Waals surface area (Å²) in [5, 5.41) is 4.48. The minimum Gasteiger partial charge on any atom is -0.394 e. The molecule has 0 aromatic carbocycles. The van der Waals surface area contributed by atoms with E-state index in [1.807, 2.05) is 11.7 Å². The molecule has 2 N–H and O–H groups in total. The van der Waals surface area contributed by atoms with Crippen molar-refractivity contribution >= 4 is 11.5 Å². The zero-order valence-electron chi connectivity index (χ0n) is 10.9. The number of nitrogens with zero attached hydrogens (tertiary/aromatic N) is 3. The number of hydrogen-bond acceptors (Lipinski definition) is 4. The Hall–Kier alpha value is -1.23. The van der Waals surface area contributed by atoms with Gasteiger partial charge in [-0.1, -0.05) is 13.8 Å². The first-order valence-corrected chi connectivity index (χ1v) is 6.34. The predicted octanol–water partition coefficient (Wildman–Crippen LogP) is 1.18. The van der Waals surface area contributed by atoms with E-state index in [4.69, 9.17) is 10.5 Å². The van der Waals surface area contributed by atoms with Crippen LogP contribution in [0.15, 0.2) is 0 Å². The number of nitrogens with two attached hydrogens (primary N) is 1. The van der Waals surface area contributed by atoms with Crippen LogP contribution in [-0.4, -0.2) is 35.6 Å². The summed E-state index contributed by atoms with van der Waals surface area (Å²) in [6, 6.07) is 0.408. The van der Waals surface area contributed by atoms with Gasteiger partial charge in [-0.25, -0.2) is 0 Å². The van der Waals surface area contributed by atoms with Crippen LogP contribution in [-0.2, 0) is 18.2 Å². The van der Waals surface area contributed by atoms with Gasteiger partial charge in [0.2, 0.25) is 0 Å². The van der Waals surface area contributed by atoms with Crippen molar-refractivity contribution in [1.29, 1.82) is 0 Å². The standard InChI is InChI=1S/C12H22N4O/c1-4-9-8-17-7-6-16(9)12-11(13)10(5-2)14-15(12)3/h9H,4-8,13H2,1-3H3. The van der Waals surface area contributed by atoms with Crippen LogP contribution in [0.2, 0.25) is 0 Å². The van der Waals surface area contributed by atoms with Crippen LogP contribution in [0.1, 0.15) is 26.0 Å². The molecular formula is C12H22N4O. The van der Waals surface area contributed by atoms with Crippen molar-refractivity contribution in [1.82, 2.24) is 9.78 Å². The van der Waals surface area contributed by atoms with Crippen molar-refractivity contribution in [2.24, 2.45) is 7.05 Å². The fraction of sp³-hybridized carbons (Fsp3) is 0.750. The number of rotatable bonds is 3. The lowest BCUT2D eigenvalue weighted by Crippen LogP contribution is -2.46. The third-order valence-electron chi connectivity index (χ3n) is 3.43. The van der Waals surface area contributed by atoms with Gasteiger partial charge in [0.15, 0.2) is 5.82 Å². The molecule has 1 aliphatic heterocycles. The molecule has 0 radical (unpaired) electrons. The predicted molar refractivity (Wildman–Crippen MR) is 69.2 cm³/mol. The number of morpholine rings is 1. The highest BCUT2D eigenvalue weighted by molar-refractivity contribution is 5.67. The Morgan fingerprint density at radius 3 is 2.82 bits per heavy atom. The summed E-state index contributed by atoms with van der Waals surface area (Å²) in [4.78, 5) is 2.34. The molecule has 1 unspecified atom stereocenters. The highest BCUT2D eigenvalue weighted by Crippen LogP contribution is 2.29. The molecule has 2 rings (SSSR count). The molecule has 5 heteroatoms. The Morgan fingerprint density at radius 1 is 1.47 bits per heavy atom. The number of nitrogen functional groups attached to an aromatic ring is 1. The third-order valence-corrected chi connectivity index (χ3v) is 3.43. The number of aryl methyl sites for hydroxylation is 2. The molecule has 1 aromatic heterocycles. The Labute approximate surface area is 103 Å². The van der Waals surface area contributed by atoms with Crippen LogP contribution in [0.3, 0.4) is 0 Å². The number of ether oxygens (including phenoxy) is 1. The Morgan fingerprint density at radius 2 is 2.24 bits per heavy atom. The topological polar surface area (TPSA) is 56.3 Å². The van der Waals surface area contributed by atoms with Crippen LogP contribution >= 0.6 is 0 Å². The molecular weight excluding hydrogens is 216 g/mol. The van der Waals surface area contributed by atoms with Gasteiger partial charge in [0.25, 0.3) is 0 Å². The summed E-state index contributed by atoms with van der Waals surface area (Å²) in [6.45, 7) is 6.70. The summed E-state index contributed by atoms with van der Waals surface area (Å²) in [5.74, 6) is 1.05. The lowest BCUT2D eigenvalue weighted by Gasteiger charge is -2.36. The van der Waals surface area contributed by atoms with E-state index in [2.05, 4.69) is 23.8 Å². The van der Waals surface area contributed by atoms with Gasteiger partial charge in [-0.05, 0) is 12.8 Å². The minimum atomic E-state index is 0.408. The number of anilines is 2. The average Bonchev–Trinajstić information content (AvgIpc) is 2.64. The molecule has 0 saturated carbocycles. The molecule has 5 nitrogen and oxygen atoms in total. The smallest absolute Gasteiger partial charge is 0.150 e. The molecule has 1 saturated heterocycles. The second-order valence-corrected chi connectivity index (χ2v) is 4.49. The molecule has 0 aliphatic carbocycles. The summed E-state index contributed by atoms with van der Waals surface area (Å²) >= 11 is 0. The largest absolute Gasteiger partial charge is 0.394 e. The van der Waals surface area contributed by atoms with Crippen LogP contribution < -0.4 is 10.6 Å². The van der Waals surface area contributed by atoms with Gasteiger partial charge in [0.1, 0.15) is 0 Å². The van der Waals surface area contributed by atoms with E-state index in [-0.39, 0.29) is 0 Å². The maximum absolute atomic E-state index is 6.20. The molecule has 1 fully saturated rings. The van der Waals surface area contributed by atoms with Gasteiger partial charge in [-0.15, -0.1) is 0 Å². The molecule has 17 heavy (non-hydrogen) atoms. The van der Waals surface area contributed by atoms with Gasteiger partial charge < -0.3 is 15.4 Å². The maximum Gasteiger partial charge on any atom is 0.150 e. The average molecular weight is 238 g/mol. The van der Waals surface area contributed by atoms with Crippen LogP contribution in [0.4, 0.5) is 11.5 Å². The normalized spacial score (nSPS) is 20.9. The first-order chi connectivity index (χ1) is 8.19. The summed E-state index contributed by atoms with van der Waals surface area (Å²) in [6.07, 6.45) is 1.94. The van der Waals surface area contributed by atoms with Crippen molar-refractivity contribution in [2.75, 3.05) is 30.4 Å². The van der Waals surface area contributed by atoms with E-state index in [0.29, 0.717) is 6.04 Å². The highest BCUT2D eigenvalue weighted by atomic mass is 16.5. The van der Waals surface area contributed by atoms with Gasteiger partial charge in [-0.2, -0.15) is 5.10 Å². The van der Waals surface area contributed by atoms with E-state index < -0.39 is 0 Å². The highest BCUT2D eigenvalue weighted by Gasteiger charge is 2.27. The summed E-state index contributed by atoms with van der Waals surface area (Å²) in [7, 11) is 1.97. The number of aromatic nitrogens is 2. The molecule has 1 aliphatic rings. The lowest BCUT2D eigenvalue weighted by atomic mass is 10.1. The van der Waals surface area contributed by atoms with E-state index in [9.17, 15) is 0 Å². The van der Waals surface area contributed by atoms with Crippen LogP contribution in [0.5, 0.6) is 0 Å². The van der Waals surface area contributed by atoms with Crippen molar-refractivity contribution < 1.29 is 4.74 Å². The summed E-state index contributed by atoms with van der Waals surface area (Å²) in [5.41, 5.74) is 8.02. The first kappa shape index (κ1) is 12.2. The van der Waals surface area contributed by atoms with E-state index in [0.717, 1.165) is 49.8 Å². The Balaban J connectivity index is 2.34. The molecule has 96 valence electrons. The maximum atomic E-state index is 6.20. The quantitative estimate of drug-likeness (QED) is 0.859. The van der Waals surface area contributed by atoms with E-state index in [1.54, 1.807) is 0 Å². The van der Waals surface area contributed by atoms with Gasteiger partial charge >= 0.3 is 0 Å². The number of hydrogen-bond donors (Lipinski definition) is 1. The molecule has 1 atom stereocenters. The van der Waals surface area contributed by atoms with E-state index in [1.165, 1.54) is 0 Å². The monoisotopic (exact) mass is 238 g/mol. The van der Waals surface area contributed by atoms with Crippen molar-refractivity contribution in [2.45, 2.75) is 32.7 Å². The molecule has 0 bridgehead atoms. The SMILES string of the molecule is CCc1nn(C)c(N2CCOCC2CC)c1N. The van der Waals surface area contributed by atoms with E-state index >= 15 is 0 Å². The van der Waals surface area contributed by atoms with Crippen LogP contribution in [0.25, 0.3) is 0 Å². The van der Waals surface area contributed by atoms with Gasteiger partial charge in [-0.3, -0.25) is 4.68 Å². The van der Waals surface area contributed by atoms with Gasteiger partial charge in [0.05, 0.1) is 30.6 Å². The fourth-order valence-corrected chi connectivity index (χ4v) is 2.46. The molecule has 1 aromatic rings. The van der Waals surface area contributed by atoms with Crippen molar-refractivity contribution in [3.8, 4) is 0 Å². The zero-order chi connectivity index (χ0) is 12.4. The third kappa shape index (κ3) is 2.11. The fourth-order valence-electron chi connectivity index (χ4n) is 2.46. The summed E-state index contributed by atoms with van der Waals surface area (Å²) < 4.78 is 7.43. The second kappa shape index (κ2) is 4.96. The Kier molecular flexibility index (Phi) is 3.57. The van der Waals surface area contributed by atoms with Crippen molar-refractivity contribution in [3.05, 3.63) is 5.69 Å². The molecule has 2 heterocycles. The zero-order valence-corrected chi connectivity index (χ0v) is 10.9. The molecule has 0 spiro atoms. The van der Waals surface area contributed by atoms with Crippen LogP contribution in [0, 0.1) is 0 Å². The molecule has 0 amide bonds. The lowest BCUT2D eigenvalue weighted by molar-refractivity contribution is 0.0922. The Bertz CT molecular complexity index is 388. The minimum absolute atomic E-state index is 0.408. The van der Waals surface area contributed by atoms with Crippen molar-refractivity contribution in [3.63, 3.8) is 0 Å². The first-order valence-electron chi connectivity index (χ1n) is 6.34. The van der Waals surface area contributed by atoms with Gasteiger partial charge in [0, 0.05) is 13.6 Å². The second-order valence-electron chi connectivity index (χ2n) is 4.49.